The Morgan fingerprint density at radius 3 is 2.37 bits per heavy atom. The number of rotatable bonds is 13. The third-order valence-corrected chi connectivity index (χ3v) is 11.0. The number of aryl methyl sites for hydroxylation is 1. The Morgan fingerprint density at radius 1 is 0.882 bits per heavy atom. The molecular weight excluding hydrogens is 683 g/mol. The van der Waals surface area contributed by atoms with Crippen molar-refractivity contribution in [3.05, 3.63) is 112 Å². The summed E-state index contributed by atoms with van der Waals surface area (Å²) in [5.74, 6) is -1.02. The molecule has 0 fully saturated rings. The van der Waals surface area contributed by atoms with Crippen molar-refractivity contribution in [1.29, 1.82) is 0 Å². The Kier molecular flexibility index (Phi) is 13.5. The fourth-order valence-electron chi connectivity index (χ4n) is 5.83. The molecule has 0 saturated heterocycles. The fourth-order valence-corrected chi connectivity index (χ4v) is 8.13. The van der Waals surface area contributed by atoms with Crippen molar-refractivity contribution in [3.8, 4) is 5.75 Å². The zero-order valence-electron chi connectivity index (χ0n) is 29.1. The molecule has 1 aliphatic carbocycles. The highest BCUT2D eigenvalue weighted by Gasteiger charge is 2.28. The molecule has 1 atom stereocenters. The third-order valence-electron chi connectivity index (χ3n) is 8.39. The molecule has 3 aromatic carbocycles. The molecule has 11 heteroatoms. The lowest BCUT2D eigenvalue weighted by Crippen LogP contribution is -2.30. The second-order valence-electron chi connectivity index (χ2n) is 11.9. The Bertz CT molecular complexity index is 1890. The van der Waals surface area contributed by atoms with E-state index in [1.54, 1.807) is 67.6 Å². The Labute approximate surface area is 307 Å². The predicted octanol–water partition coefficient (Wildman–Crippen LogP) is 8.51. The van der Waals surface area contributed by atoms with Gasteiger partial charge >= 0.3 is 5.97 Å². The van der Waals surface area contributed by atoms with Gasteiger partial charge in [-0.05, 0) is 87.1 Å². The van der Waals surface area contributed by atoms with Crippen LogP contribution in [0.15, 0.2) is 89.5 Å². The molecule has 1 heterocycles. The van der Waals surface area contributed by atoms with E-state index in [0.717, 1.165) is 53.9 Å². The summed E-state index contributed by atoms with van der Waals surface area (Å²) in [6.07, 6.45) is 8.12. The van der Waals surface area contributed by atoms with Crippen LogP contribution in [-0.2, 0) is 27.2 Å². The van der Waals surface area contributed by atoms with Crippen LogP contribution in [0.2, 0.25) is 0 Å². The van der Waals surface area contributed by atoms with Crippen molar-refractivity contribution in [3.63, 3.8) is 0 Å². The molecule has 1 aromatic heterocycles. The highest BCUT2D eigenvalue weighted by molar-refractivity contribution is 8.00. The quantitative estimate of drug-likeness (QED) is 0.0718. The molecule has 4 aromatic rings. The molecule has 266 valence electrons. The topological polar surface area (TPSA) is 123 Å². The van der Waals surface area contributed by atoms with Crippen molar-refractivity contribution in [2.75, 3.05) is 24.4 Å². The second-order valence-corrected chi connectivity index (χ2v) is 14.3. The largest absolute Gasteiger partial charge is 0.496 e. The van der Waals surface area contributed by atoms with Crippen molar-refractivity contribution < 1.29 is 28.7 Å². The maximum absolute atomic E-state index is 13.7. The zero-order chi connectivity index (χ0) is 36.2. The van der Waals surface area contributed by atoms with Crippen LogP contribution >= 0.6 is 23.1 Å². The number of hydrogen-bond acceptors (Lipinski definition) is 8. The summed E-state index contributed by atoms with van der Waals surface area (Å²) in [5.41, 5.74) is 3.04. The van der Waals surface area contributed by atoms with Crippen LogP contribution < -0.4 is 20.7 Å². The first-order valence-corrected chi connectivity index (χ1v) is 18.9. The van der Waals surface area contributed by atoms with Gasteiger partial charge in [-0.3, -0.25) is 14.4 Å². The fraction of sp³-hybridized carbons (Fsp3) is 0.300. The van der Waals surface area contributed by atoms with Crippen LogP contribution in [0.1, 0.15) is 82.7 Å². The van der Waals surface area contributed by atoms with Crippen molar-refractivity contribution in [2.24, 2.45) is 0 Å². The van der Waals surface area contributed by atoms with Gasteiger partial charge < -0.3 is 25.4 Å². The molecule has 0 aliphatic heterocycles. The van der Waals surface area contributed by atoms with E-state index in [1.165, 1.54) is 30.2 Å². The number of methoxy groups -OCH3 is 1. The first-order chi connectivity index (χ1) is 24.8. The average Bonchev–Trinajstić information content (AvgIpc) is 3.46. The molecule has 9 nitrogen and oxygen atoms in total. The number of esters is 1. The molecular formula is C40H43N3O6S2. The number of anilines is 2. The number of para-hydroxylation sites is 1. The van der Waals surface area contributed by atoms with E-state index in [9.17, 15) is 19.2 Å². The van der Waals surface area contributed by atoms with Gasteiger partial charge in [0.15, 0.2) is 0 Å². The number of nitrogens with one attached hydrogen (secondary N) is 3. The molecule has 0 saturated carbocycles. The zero-order valence-corrected chi connectivity index (χ0v) is 30.7. The Morgan fingerprint density at radius 2 is 1.63 bits per heavy atom. The molecule has 1 unspecified atom stereocenters. The smallest absolute Gasteiger partial charge is 0.341 e. The van der Waals surface area contributed by atoms with Gasteiger partial charge in [-0.25, -0.2) is 4.79 Å². The highest BCUT2D eigenvalue weighted by atomic mass is 32.2. The van der Waals surface area contributed by atoms with E-state index >= 15 is 0 Å². The van der Waals surface area contributed by atoms with Gasteiger partial charge in [-0.2, -0.15) is 0 Å². The Balaban J connectivity index is 1.33. The summed E-state index contributed by atoms with van der Waals surface area (Å²) < 4.78 is 10.9. The molecule has 5 rings (SSSR count). The van der Waals surface area contributed by atoms with Gasteiger partial charge in [0.2, 0.25) is 5.91 Å². The second kappa shape index (κ2) is 18.4. The number of carbonyl (C=O) groups excluding carboxylic acids is 4. The molecule has 0 bridgehead atoms. The monoisotopic (exact) mass is 725 g/mol. The average molecular weight is 726 g/mol. The molecule has 1 aliphatic rings. The Hall–Kier alpha value is -4.87. The summed E-state index contributed by atoms with van der Waals surface area (Å²) in [7, 11) is 1.54. The van der Waals surface area contributed by atoms with Gasteiger partial charge in [0.1, 0.15) is 16.4 Å². The molecule has 0 radical (unpaired) electrons. The number of benzene rings is 3. The maximum atomic E-state index is 13.7. The normalized spacial score (nSPS) is 13.5. The number of thioether (sulfide) groups is 1. The van der Waals surface area contributed by atoms with Crippen LogP contribution in [0.25, 0.3) is 6.08 Å². The van der Waals surface area contributed by atoms with E-state index in [2.05, 4.69) is 16.0 Å². The van der Waals surface area contributed by atoms with Gasteiger partial charge in [0.05, 0.1) is 24.5 Å². The highest BCUT2D eigenvalue weighted by Crippen LogP contribution is 2.38. The van der Waals surface area contributed by atoms with Gasteiger partial charge in [-0.1, -0.05) is 62.2 Å². The van der Waals surface area contributed by atoms with E-state index in [-0.39, 0.29) is 18.2 Å². The lowest BCUT2D eigenvalue weighted by molar-refractivity contribution is -0.116. The maximum Gasteiger partial charge on any atom is 0.341 e. The minimum absolute atomic E-state index is 0.0275. The summed E-state index contributed by atoms with van der Waals surface area (Å²) in [4.78, 5) is 55.6. The van der Waals surface area contributed by atoms with Crippen molar-refractivity contribution in [1.82, 2.24) is 5.32 Å². The predicted molar refractivity (Wildman–Crippen MR) is 205 cm³/mol. The standard InChI is InChI=1S/C40H43N3O6S2/c1-4-33(38(46)43-39-35(40(47)49-5-2)30-21-11-6-7-12-23-34(30)51-39)50-29-20-15-19-28(25-29)41-37(45)31(24-27-18-13-14-22-32(27)48-3)42-36(44)26-16-9-8-10-17-26/h8-10,13-20,22,24-25,33H,4-7,11-12,21,23H2,1-3H3,(H,41,45)(H,42,44)(H,43,46)/b31-24+. The van der Waals surface area contributed by atoms with Crippen LogP contribution in [0.3, 0.4) is 0 Å². The first kappa shape index (κ1) is 37.4. The van der Waals surface area contributed by atoms with Crippen molar-refractivity contribution in [2.45, 2.75) is 68.9 Å². The number of ether oxygens (including phenoxy) is 2. The summed E-state index contributed by atoms with van der Waals surface area (Å²) in [6, 6.07) is 23.1. The number of carbonyl (C=O) groups is 4. The summed E-state index contributed by atoms with van der Waals surface area (Å²) >= 11 is 2.86. The molecule has 3 amide bonds. The lowest BCUT2D eigenvalue weighted by Gasteiger charge is -2.16. The minimum atomic E-state index is -0.531. The third kappa shape index (κ3) is 9.89. The molecule has 0 spiro atoms. The van der Waals surface area contributed by atoms with Crippen LogP contribution in [0, 0.1) is 0 Å². The van der Waals surface area contributed by atoms with Gasteiger partial charge in [0.25, 0.3) is 11.8 Å². The van der Waals surface area contributed by atoms with Gasteiger partial charge in [0, 0.05) is 26.6 Å². The number of thiophene rings is 1. The first-order valence-electron chi connectivity index (χ1n) is 17.2. The number of hydrogen-bond donors (Lipinski definition) is 3. The van der Waals surface area contributed by atoms with E-state index in [0.29, 0.717) is 39.5 Å². The van der Waals surface area contributed by atoms with Crippen LogP contribution in [0.5, 0.6) is 5.75 Å². The van der Waals surface area contributed by atoms with Crippen LogP contribution in [-0.4, -0.2) is 42.7 Å². The van der Waals surface area contributed by atoms with Gasteiger partial charge in [-0.15, -0.1) is 23.1 Å². The van der Waals surface area contributed by atoms with Crippen molar-refractivity contribution >= 4 is 63.6 Å². The van der Waals surface area contributed by atoms with E-state index in [4.69, 9.17) is 9.47 Å². The van der Waals surface area contributed by atoms with E-state index < -0.39 is 23.0 Å². The van der Waals surface area contributed by atoms with Crippen LogP contribution in [0.4, 0.5) is 10.7 Å². The molecule has 51 heavy (non-hydrogen) atoms. The van der Waals surface area contributed by atoms with E-state index in [1.807, 2.05) is 31.2 Å². The summed E-state index contributed by atoms with van der Waals surface area (Å²) in [6.45, 7) is 3.98. The number of fused-ring (bicyclic) bond motifs is 1. The summed E-state index contributed by atoms with van der Waals surface area (Å²) in [5, 5.41) is 8.82. The SMILES string of the molecule is CCOC(=O)c1c(NC(=O)C(CC)Sc2cccc(NC(=O)/C(=C\c3ccccc3OC)NC(=O)c3ccccc3)c2)sc2c1CCCCCC2. The molecule has 3 N–H and O–H groups in total. The lowest BCUT2D eigenvalue weighted by atomic mass is 9.96. The minimum Gasteiger partial charge on any atom is -0.496 e. The number of amides is 3.